The van der Waals surface area contributed by atoms with E-state index in [-0.39, 0.29) is 12.3 Å². The van der Waals surface area contributed by atoms with Crippen LogP contribution >= 0.6 is 0 Å². The van der Waals surface area contributed by atoms with Gasteiger partial charge in [-0.25, -0.2) is 0 Å². The smallest absolute Gasteiger partial charge is 0.458 e. The minimum Gasteiger partial charge on any atom is -0.467 e. The lowest BCUT2D eigenvalue weighted by Crippen LogP contribution is -2.54. The Kier molecular flexibility index (Phi) is 3.76. The maximum atomic E-state index is 13.3. The summed E-state index contributed by atoms with van der Waals surface area (Å²) in [6.07, 6.45) is -4.18. The Morgan fingerprint density at radius 2 is 2.12 bits per heavy atom. The lowest BCUT2D eigenvalue weighted by atomic mass is 10.2. The van der Waals surface area contributed by atoms with E-state index in [9.17, 15) is 22.4 Å². The molecule has 0 aliphatic heterocycles. The molecule has 1 unspecified atom stereocenters. The Morgan fingerprint density at radius 1 is 1.47 bits per heavy atom. The van der Waals surface area contributed by atoms with Crippen LogP contribution in [-0.2, 0) is 16.1 Å². The summed E-state index contributed by atoms with van der Waals surface area (Å²) in [5.74, 6) is -6.09. The number of nitrogens with one attached hydrogen (secondary N) is 1. The first kappa shape index (κ1) is 13.5. The van der Waals surface area contributed by atoms with Gasteiger partial charge in [0.25, 0.3) is 5.91 Å². The van der Waals surface area contributed by atoms with Crippen LogP contribution in [0.4, 0.5) is 17.6 Å². The molecule has 0 spiro atoms. The van der Waals surface area contributed by atoms with E-state index < -0.39 is 17.9 Å². The Balaban J connectivity index is 2.68. The first-order chi connectivity index (χ1) is 7.81. The number of halogens is 4. The van der Waals surface area contributed by atoms with E-state index in [1.165, 1.54) is 18.4 Å². The summed E-state index contributed by atoms with van der Waals surface area (Å²) in [5, 5.41) is 1.73. The van der Waals surface area contributed by atoms with Crippen LogP contribution < -0.4 is 5.32 Å². The van der Waals surface area contributed by atoms with Crippen molar-refractivity contribution >= 4 is 5.91 Å². The van der Waals surface area contributed by atoms with Crippen molar-refractivity contribution in [2.45, 2.75) is 18.6 Å². The van der Waals surface area contributed by atoms with Crippen LogP contribution in [0.25, 0.3) is 0 Å². The lowest BCUT2D eigenvalue weighted by Gasteiger charge is -2.24. The lowest BCUT2D eigenvalue weighted by molar-refractivity contribution is -0.307. The third kappa shape index (κ3) is 2.76. The predicted molar refractivity (Wildman–Crippen MR) is 47.5 cm³/mol. The normalized spacial score (nSPS) is 15.4. The number of carbonyl (C=O) groups is 1. The molecule has 1 aromatic rings. The summed E-state index contributed by atoms with van der Waals surface area (Å²) in [5.41, 5.74) is 0. The number of hydrogen-bond donors (Lipinski definition) is 1. The quantitative estimate of drug-likeness (QED) is 0.834. The molecule has 1 N–H and O–H groups in total. The second-order valence-corrected chi connectivity index (χ2v) is 3.06. The zero-order chi connectivity index (χ0) is 13.1. The van der Waals surface area contributed by atoms with E-state index in [0.717, 1.165) is 0 Å². The third-order valence-electron chi connectivity index (χ3n) is 1.94. The van der Waals surface area contributed by atoms with Gasteiger partial charge in [0.1, 0.15) is 5.76 Å². The monoisotopic (exact) mass is 255 g/mol. The van der Waals surface area contributed by atoms with Crippen molar-refractivity contribution in [3.63, 3.8) is 0 Å². The predicted octanol–water partition coefficient (Wildman–Crippen LogP) is 1.77. The molecule has 1 heterocycles. The number of hydrogen-bond acceptors (Lipinski definition) is 3. The maximum Gasteiger partial charge on any atom is 0.458 e. The minimum atomic E-state index is -5.45. The first-order valence-corrected chi connectivity index (χ1v) is 4.42. The molecule has 96 valence electrons. The molecule has 17 heavy (non-hydrogen) atoms. The van der Waals surface area contributed by atoms with Gasteiger partial charge in [-0.15, -0.1) is 0 Å². The highest BCUT2D eigenvalue weighted by Gasteiger charge is 2.63. The van der Waals surface area contributed by atoms with Gasteiger partial charge in [0.2, 0.25) is 0 Å². The molecule has 1 aromatic heterocycles. The molecule has 0 radical (unpaired) electrons. The molecular formula is C9H9F4NO3. The van der Waals surface area contributed by atoms with E-state index in [1.54, 1.807) is 5.32 Å². The molecule has 4 nitrogen and oxygen atoms in total. The van der Waals surface area contributed by atoms with Crippen LogP contribution in [0.1, 0.15) is 5.76 Å². The molecule has 0 aromatic carbocycles. The Bertz CT molecular complexity index is 376. The number of alkyl halides is 4. The highest BCUT2D eigenvalue weighted by Crippen LogP contribution is 2.34. The van der Waals surface area contributed by atoms with Crippen molar-refractivity contribution in [2.24, 2.45) is 0 Å². The second-order valence-electron chi connectivity index (χ2n) is 3.06. The summed E-state index contributed by atoms with van der Waals surface area (Å²) < 4.78 is 58.3. The van der Waals surface area contributed by atoms with E-state index in [2.05, 4.69) is 4.74 Å². The average molecular weight is 255 g/mol. The van der Waals surface area contributed by atoms with Gasteiger partial charge in [-0.2, -0.15) is 17.6 Å². The molecule has 0 fully saturated rings. The highest BCUT2D eigenvalue weighted by molar-refractivity contribution is 5.84. The summed E-state index contributed by atoms with van der Waals surface area (Å²) in [6, 6.07) is 2.89. The van der Waals surface area contributed by atoms with Crippen molar-refractivity contribution in [2.75, 3.05) is 7.11 Å². The van der Waals surface area contributed by atoms with Gasteiger partial charge in [-0.1, -0.05) is 0 Å². The molecule has 1 rings (SSSR count). The molecule has 1 atom stereocenters. The van der Waals surface area contributed by atoms with Crippen molar-refractivity contribution in [3.05, 3.63) is 24.2 Å². The number of furan rings is 1. The van der Waals surface area contributed by atoms with Gasteiger partial charge in [-0.3, -0.25) is 4.79 Å². The fourth-order valence-electron chi connectivity index (χ4n) is 1.03. The van der Waals surface area contributed by atoms with Gasteiger partial charge >= 0.3 is 12.0 Å². The molecule has 0 saturated heterocycles. The topological polar surface area (TPSA) is 51.5 Å². The number of amides is 1. The van der Waals surface area contributed by atoms with Crippen molar-refractivity contribution < 1.29 is 31.5 Å². The molecule has 0 saturated carbocycles. The third-order valence-corrected chi connectivity index (χ3v) is 1.94. The fraction of sp³-hybridized carbons (Fsp3) is 0.444. The SMILES string of the molecule is COC(F)(C(=O)NCc1ccco1)C(F)(F)F. The second kappa shape index (κ2) is 4.74. The number of carbonyl (C=O) groups excluding carboxylic acids is 1. The summed E-state index contributed by atoms with van der Waals surface area (Å²) in [6.45, 7) is -0.364. The number of ether oxygens (including phenoxy) is 1. The average Bonchev–Trinajstić information content (AvgIpc) is 2.75. The Morgan fingerprint density at radius 3 is 2.53 bits per heavy atom. The van der Waals surface area contributed by atoms with Crippen molar-refractivity contribution in [3.8, 4) is 0 Å². The first-order valence-electron chi connectivity index (χ1n) is 4.42. The van der Waals surface area contributed by atoms with E-state index in [1.807, 2.05) is 0 Å². The van der Waals surface area contributed by atoms with Gasteiger partial charge in [-0.05, 0) is 12.1 Å². The molecule has 0 aliphatic carbocycles. The van der Waals surface area contributed by atoms with Gasteiger partial charge in [0.15, 0.2) is 0 Å². The van der Waals surface area contributed by atoms with E-state index in [0.29, 0.717) is 7.11 Å². The van der Waals surface area contributed by atoms with E-state index in [4.69, 9.17) is 4.42 Å². The highest BCUT2D eigenvalue weighted by atomic mass is 19.4. The minimum absolute atomic E-state index is 0.193. The summed E-state index contributed by atoms with van der Waals surface area (Å²) in [4.78, 5) is 11.1. The van der Waals surface area contributed by atoms with Crippen molar-refractivity contribution in [1.82, 2.24) is 5.32 Å². The zero-order valence-corrected chi connectivity index (χ0v) is 8.68. The summed E-state index contributed by atoms with van der Waals surface area (Å²) >= 11 is 0. The Hall–Kier alpha value is -1.57. The molecular weight excluding hydrogens is 246 g/mol. The van der Waals surface area contributed by atoms with Crippen molar-refractivity contribution in [1.29, 1.82) is 0 Å². The fourth-order valence-corrected chi connectivity index (χ4v) is 1.03. The number of rotatable bonds is 4. The van der Waals surface area contributed by atoms with Gasteiger partial charge < -0.3 is 14.5 Å². The van der Waals surface area contributed by atoms with Crippen LogP contribution in [0, 0.1) is 0 Å². The largest absolute Gasteiger partial charge is 0.467 e. The van der Waals surface area contributed by atoms with Crippen LogP contribution in [0.3, 0.4) is 0 Å². The van der Waals surface area contributed by atoms with Crippen LogP contribution in [0.5, 0.6) is 0 Å². The Labute approximate surface area is 93.5 Å². The molecule has 0 bridgehead atoms. The van der Waals surface area contributed by atoms with Crippen LogP contribution in [0.15, 0.2) is 22.8 Å². The number of methoxy groups -OCH3 is 1. The zero-order valence-electron chi connectivity index (χ0n) is 8.68. The van der Waals surface area contributed by atoms with Gasteiger partial charge in [0.05, 0.1) is 12.8 Å². The molecule has 0 aliphatic rings. The summed E-state index contributed by atoms with van der Waals surface area (Å²) in [7, 11) is 0.458. The van der Waals surface area contributed by atoms with Gasteiger partial charge in [0, 0.05) is 7.11 Å². The molecule has 8 heteroatoms. The van der Waals surface area contributed by atoms with E-state index >= 15 is 0 Å². The standard InChI is InChI=1S/C9H9F4NO3/c1-16-8(10,9(11,12)13)7(15)14-5-6-3-2-4-17-6/h2-4H,5H2,1H3,(H,14,15). The van der Waals surface area contributed by atoms with Crippen LogP contribution in [0.2, 0.25) is 0 Å². The molecule has 1 amide bonds. The van der Waals surface area contributed by atoms with Crippen LogP contribution in [-0.4, -0.2) is 25.0 Å². The maximum absolute atomic E-state index is 13.3.